The van der Waals surface area contributed by atoms with E-state index in [2.05, 4.69) is 17.0 Å². The summed E-state index contributed by atoms with van der Waals surface area (Å²) in [5.74, 6) is 0.439. The van der Waals surface area contributed by atoms with Gasteiger partial charge in [-0.05, 0) is 42.8 Å². The fourth-order valence-electron chi connectivity index (χ4n) is 2.26. The maximum atomic E-state index is 12.5. The first-order valence-electron chi connectivity index (χ1n) is 8.39. The monoisotopic (exact) mass is 357 g/mol. The van der Waals surface area contributed by atoms with Gasteiger partial charge in [0.15, 0.2) is 0 Å². The molecule has 0 spiro atoms. The number of methoxy groups -OCH3 is 2. The Morgan fingerprint density at radius 1 is 1.00 bits per heavy atom. The third-order valence-electron chi connectivity index (χ3n) is 3.76. The van der Waals surface area contributed by atoms with Crippen LogP contribution in [0.2, 0.25) is 0 Å². The number of nitrogens with one attached hydrogen (secondary N) is 1. The summed E-state index contributed by atoms with van der Waals surface area (Å²) in [4.78, 5) is 24.0. The van der Waals surface area contributed by atoms with E-state index in [1.165, 1.54) is 7.11 Å². The van der Waals surface area contributed by atoms with Gasteiger partial charge < -0.3 is 19.5 Å². The number of ether oxygens (including phenoxy) is 3. The summed E-state index contributed by atoms with van der Waals surface area (Å²) < 4.78 is 15.6. The second-order valence-electron chi connectivity index (χ2n) is 5.59. The Balaban J connectivity index is 2.17. The largest absolute Gasteiger partial charge is 0.497 e. The maximum Gasteiger partial charge on any atom is 0.337 e. The number of amides is 1. The Labute approximate surface area is 153 Å². The maximum absolute atomic E-state index is 12.5. The first-order valence-corrected chi connectivity index (χ1v) is 8.39. The van der Waals surface area contributed by atoms with Crippen LogP contribution in [0.1, 0.15) is 40.5 Å². The van der Waals surface area contributed by atoms with Crippen molar-refractivity contribution in [1.29, 1.82) is 0 Å². The Bertz CT molecular complexity index is 755. The zero-order chi connectivity index (χ0) is 18.9. The van der Waals surface area contributed by atoms with Gasteiger partial charge in [-0.25, -0.2) is 4.79 Å². The van der Waals surface area contributed by atoms with Gasteiger partial charge in [-0.15, -0.1) is 0 Å². The van der Waals surface area contributed by atoms with Crippen molar-refractivity contribution in [3.63, 3.8) is 0 Å². The number of esters is 1. The minimum Gasteiger partial charge on any atom is -0.497 e. The minimum atomic E-state index is -0.448. The van der Waals surface area contributed by atoms with Crippen LogP contribution in [-0.4, -0.2) is 32.7 Å². The smallest absolute Gasteiger partial charge is 0.337 e. The Hall–Kier alpha value is -3.02. The fraction of sp³-hybridized carbons (Fsp3) is 0.300. The molecule has 0 saturated heterocycles. The highest BCUT2D eigenvalue weighted by molar-refractivity contribution is 6.05. The quantitative estimate of drug-likeness (QED) is 0.573. The average molecular weight is 357 g/mol. The minimum absolute atomic E-state index is 0.310. The molecule has 0 saturated carbocycles. The molecule has 6 nitrogen and oxygen atoms in total. The SMILES string of the molecule is CCCCOc1ccc(OC)cc1NC(=O)c1ccc(C(=O)OC)cc1. The van der Waals surface area contributed by atoms with Crippen molar-refractivity contribution in [2.24, 2.45) is 0 Å². The van der Waals surface area contributed by atoms with Gasteiger partial charge in [0.1, 0.15) is 11.5 Å². The molecule has 0 radical (unpaired) electrons. The normalized spacial score (nSPS) is 10.1. The van der Waals surface area contributed by atoms with Gasteiger partial charge in [0.25, 0.3) is 5.91 Å². The predicted molar refractivity (Wildman–Crippen MR) is 99.1 cm³/mol. The highest BCUT2D eigenvalue weighted by Crippen LogP contribution is 2.30. The summed E-state index contributed by atoms with van der Waals surface area (Å²) in [7, 11) is 2.87. The predicted octanol–water partition coefficient (Wildman–Crippen LogP) is 3.91. The third kappa shape index (κ3) is 4.99. The summed E-state index contributed by atoms with van der Waals surface area (Å²) in [5, 5.41) is 2.83. The number of hydrogen-bond acceptors (Lipinski definition) is 5. The van der Waals surface area contributed by atoms with Crippen molar-refractivity contribution in [2.75, 3.05) is 26.1 Å². The zero-order valence-corrected chi connectivity index (χ0v) is 15.2. The highest BCUT2D eigenvalue weighted by atomic mass is 16.5. The number of unbranched alkanes of at least 4 members (excludes halogenated alkanes) is 1. The van der Waals surface area contributed by atoms with E-state index in [-0.39, 0.29) is 5.91 Å². The number of hydrogen-bond donors (Lipinski definition) is 1. The number of rotatable bonds is 8. The van der Waals surface area contributed by atoms with E-state index >= 15 is 0 Å². The van der Waals surface area contributed by atoms with Crippen LogP contribution in [0, 0.1) is 0 Å². The lowest BCUT2D eigenvalue weighted by Crippen LogP contribution is -2.13. The first-order chi connectivity index (χ1) is 12.6. The number of benzene rings is 2. The van der Waals surface area contributed by atoms with Crippen molar-refractivity contribution >= 4 is 17.6 Å². The van der Waals surface area contributed by atoms with E-state index in [1.54, 1.807) is 49.6 Å². The van der Waals surface area contributed by atoms with E-state index in [0.29, 0.717) is 34.9 Å². The van der Waals surface area contributed by atoms with Gasteiger partial charge in [0, 0.05) is 11.6 Å². The van der Waals surface area contributed by atoms with E-state index in [0.717, 1.165) is 12.8 Å². The average Bonchev–Trinajstić information content (AvgIpc) is 2.68. The molecule has 6 heteroatoms. The van der Waals surface area contributed by atoms with Gasteiger partial charge in [-0.1, -0.05) is 13.3 Å². The fourth-order valence-corrected chi connectivity index (χ4v) is 2.26. The molecule has 138 valence electrons. The van der Waals surface area contributed by atoms with Crippen molar-refractivity contribution in [2.45, 2.75) is 19.8 Å². The van der Waals surface area contributed by atoms with Crippen molar-refractivity contribution < 1.29 is 23.8 Å². The molecule has 26 heavy (non-hydrogen) atoms. The Morgan fingerprint density at radius 3 is 2.31 bits per heavy atom. The van der Waals surface area contributed by atoms with E-state index in [1.807, 2.05) is 0 Å². The van der Waals surface area contributed by atoms with Crippen LogP contribution in [0.5, 0.6) is 11.5 Å². The standard InChI is InChI=1S/C20H23NO5/c1-4-5-12-26-18-11-10-16(24-2)13-17(18)21-19(22)14-6-8-15(9-7-14)20(23)25-3/h6-11,13H,4-5,12H2,1-3H3,(H,21,22). The molecule has 0 aliphatic carbocycles. The van der Waals surface area contributed by atoms with E-state index in [9.17, 15) is 9.59 Å². The molecule has 0 heterocycles. The van der Waals surface area contributed by atoms with Gasteiger partial charge >= 0.3 is 5.97 Å². The van der Waals surface area contributed by atoms with Crippen LogP contribution in [0.4, 0.5) is 5.69 Å². The molecule has 0 fully saturated rings. The Kier molecular flexibility index (Phi) is 7.02. The zero-order valence-electron chi connectivity index (χ0n) is 15.2. The van der Waals surface area contributed by atoms with Crippen molar-refractivity contribution in [3.8, 4) is 11.5 Å². The summed E-state index contributed by atoms with van der Waals surface area (Å²) >= 11 is 0. The molecule has 0 aliphatic heterocycles. The summed E-state index contributed by atoms with van der Waals surface area (Å²) in [5.41, 5.74) is 1.33. The number of carbonyl (C=O) groups is 2. The van der Waals surface area contributed by atoms with Gasteiger partial charge in [-0.3, -0.25) is 4.79 Å². The van der Waals surface area contributed by atoms with Crippen LogP contribution in [0.15, 0.2) is 42.5 Å². The molecular weight excluding hydrogens is 334 g/mol. The Morgan fingerprint density at radius 2 is 1.69 bits per heavy atom. The van der Waals surface area contributed by atoms with Crippen LogP contribution < -0.4 is 14.8 Å². The molecule has 2 aromatic rings. The molecule has 0 aliphatic rings. The van der Waals surface area contributed by atoms with Crippen molar-refractivity contribution in [3.05, 3.63) is 53.6 Å². The van der Waals surface area contributed by atoms with Gasteiger partial charge in [0.2, 0.25) is 0 Å². The number of carbonyl (C=O) groups excluding carboxylic acids is 2. The topological polar surface area (TPSA) is 73.9 Å². The van der Waals surface area contributed by atoms with Crippen LogP contribution in [-0.2, 0) is 4.74 Å². The molecule has 2 aromatic carbocycles. The van der Waals surface area contributed by atoms with Gasteiger partial charge in [-0.2, -0.15) is 0 Å². The lowest BCUT2D eigenvalue weighted by molar-refractivity contribution is 0.0600. The lowest BCUT2D eigenvalue weighted by Gasteiger charge is -2.14. The summed E-state index contributed by atoms with van der Waals surface area (Å²) in [6, 6.07) is 11.5. The highest BCUT2D eigenvalue weighted by Gasteiger charge is 2.13. The van der Waals surface area contributed by atoms with Crippen LogP contribution in [0.3, 0.4) is 0 Å². The molecule has 0 atom stereocenters. The molecule has 0 unspecified atom stereocenters. The third-order valence-corrected chi connectivity index (χ3v) is 3.76. The van der Waals surface area contributed by atoms with Crippen molar-refractivity contribution in [1.82, 2.24) is 0 Å². The van der Waals surface area contributed by atoms with Crippen LogP contribution >= 0.6 is 0 Å². The molecule has 1 amide bonds. The first kappa shape index (κ1) is 19.3. The second-order valence-corrected chi connectivity index (χ2v) is 5.59. The number of anilines is 1. The summed E-state index contributed by atoms with van der Waals surface area (Å²) in [6.45, 7) is 2.65. The van der Waals surface area contributed by atoms with Crippen LogP contribution in [0.25, 0.3) is 0 Å². The second kappa shape index (κ2) is 9.46. The van der Waals surface area contributed by atoms with E-state index in [4.69, 9.17) is 9.47 Å². The van der Waals surface area contributed by atoms with E-state index < -0.39 is 5.97 Å². The summed E-state index contributed by atoms with van der Waals surface area (Å²) in [6.07, 6.45) is 1.94. The molecule has 1 N–H and O–H groups in total. The van der Waals surface area contributed by atoms with Gasteiger partial charge in [0.05, 0.1) is 32.1 Å². The molecule has 2 rings (SSSR count). The molecular formula is C20H23NO5. The lowest BCUT2D eigenvalue weighted by atomic mass is 10.1. The molecule has 0 aromatic heterocycles. The molecule has 0 bridgehead atoms.